The van der Waals surface area contributed by atoms with Crippen molar-refractivity contribution in [2.75, 3.05) is 7.11 Å². The number of benzene rings is 3. The monoisotopic (exact) mass is 271 g/mol. The van der Waals surface area contributed by atoms with E-state index in [4.69, 9.17) is 9.05 Å². The molecule has 19 heavy (non-hydrogen) atoms. The maximum atomic E-state index is 11.6. The van der Waals surface area contributed by atoms with E-state index >= 15 is 0 Å². The molecule has 0 saturated carbocycles. The molecular formula is C15H12O3P+. The summed E-state index contributed by atoms with van der Waals surface area (Å²) >= 11 is 0. The molecule has 3 nitrogen and oxygen atoms in total. The molecule has 3 aromatic carbocycles. The van der Waals surface area contributed by atoms with Crippen LogP contribution in [0.3, 0.4) is 0 Å². The summed E-state index contributed by atoms with van der Waals surface area (Å²) in [6.07, 6.45) is 0. The summed E-state index contributed by atoms with van der Waals surface area (Å²) in [5, 5.41) is 3.97. The first-order chi connectivity index (χ1) is 9.29. The Balaban J connectivity index is 2.36. The van der Waals surface area contributed by atoms with Crippen molar-refractivity contribution in [1.82, 2.24) is 0 Å². The van der Waals surface area contributed by atoms with E-state index in [9.17, 15) is 4.57 Å². The van der Waals surface area contributed by atoms with Gasteiger partial charge < -0.3 is 0 Å². The van der Waals surface area contributed by atoms with Crippen LogP contribution >= 0.6 is 8.25 Å². The van der Waals surface area contributed by atoms with Crippen LogP contribution in [0.25, 0.3) is 21.5 Å². The van der Waals surface area contributed by atoms with Crippen molar-refractivity contribution in [3.8, 4) is 5.75 Å². The maximum absolute atomic E-state index is 11.6. The predicted octanol–water partition coefficient (Wildman–Crippen LogP) is 4.68. The molecule has 94 valence electrons. The zero-order valence-electron chi connectivity index (χ0n) is 10.4. The number of hydrogen-bond donors (Lipinski definition) is 0. The number of fused-ring (bicyclic) bond motifs is 2. The molecule has 0 amide bonds. The van der Waals surface area contributed by atoms with Gasteiger partial charge in [-0.25, -0.2) is 4.52 Å². The lowest BCUT2D eigenvalue weighted by molar-refractivity contribution is 0.351. The highest BCUT2D eigenvalue weighted by Gasteiger charge is 2.23. The highest BCUT2D eigenvalue weighted by molar-refractivity contribution is 7.33. The van der Waals surface area contributed by atoms with Crippen molar-refractivity contribution in [1.29, 1.82) is 0 Å². The molecular weight excluding hydrogens is 259 g/mol. The van der Waals surface area contributed by atoms with Crippen LogP contribution < -0.4 is 4.52 Å². The molecule has 4 heteroatoms. The maximum Gasteiger partial charge on any atom is 0.749 e. The van der Waals surface area contributed by atoms with Crippen molar-refractivity contribution in [2.24, 2.45) is 0 Å². The third-order valence-corrected chi connectivity index (χ3v) is 3.67. The first-order valence-electron chi connectivity index (χ1n) is 5.89. The Morgan fingerprint density at radius 3 is 1.95 bits per heavy atom. The van der Waals surface area contributed by atoms with Crippen molar-refractivity contribution in [2.45, 2.75) is 0 Å². The van der Waals surface area contributed by atoms with Gasteiger partial charge in [-0.15, -0.1) is 4.52 Å². The second-order valence-corrected chi connectivity index (χ2v) is 5.14. The van der Waals surface area contributed by atoms with E-state index in [0.29, 0.717) is 5.75 Å². The lowest BCUT2D eigenvalue weighted by Crippen LogP contribution is -1.87. The molecule has 0 saturated heterocycles. The van der Waals surface area contributed by atoms with E-state index in [2.05, 4.69) is 6.07 Å². The average Bonchev–Trinajstić information content (AvgIpc) is 2.46. The summed E-state index contributed by atoms with van der Waals surface area (Å²) in [6, 6.07) is 17.8. The second kappa shape index (κ2) is 4.96. The first kappa shape index (κ1) is 12.1. The Morgan fingerprint density at radius 1 is 0.895 bits per heavy atom. The minimum atomic E-state index is -2.15. The molecule has 0 aliphatic carbocycles. The fourth-order valence-electron chi connectivity index (χ4n) is 2.18. The molecule has 0 fully saturated rings. The van der Waals surface area contributed by atoms with Crippen LogP contribution in [0.5, 0.6) is 5.75 Å². The van der Waals surface area contributed by atoms with Crippen LogP contribution in [0.2, 0.25) is 0 Å². The Morgan fingerprint density at radius 2 is 1.42 bits per heavy atom. The minimum Gasteiger partial charge on any atom is -0.228 e. The molecule has 1 unspecified atom stereocenters. The quantitative estimate of drug-likeness (QED) is 0.512. The van der Waals surface area contributed by atoms with Crippen LogP contribution in [-0.2, 0) is 9.09 Å². The number of hydrogen-bond acceptors (Lipinski definition) is 3. The van der Waals surface area contributed by atoms with Gasteiger partial charge in [-0.05, 0) is 16.8 Å². The van der Waals surface area contributed by atoms with Crippen molar-refractivity contribution >= 4 is 29.8 Å². The molecule has 0 aliphatic rings. The van der Waals surface area contributed by atoms with Gasteiger partial charge in [-0.3, -0.25) is 0 Å². The van der Waals surface area contributed by atoms with E-state index in [1.807, 2.05) is 48.5 Å². The van der Waals surface area contributed by atoms with E-state index < -0.39 is 8.25 Å². The van der Waals surface area contributed by atoms with E-state index in [-0.39, 0.29) is 0 Å². The zero-order chi connectivity index (χ0) is 13.2. The third-order valence-electron chi connectivity index (χ3n) is 3.04. The topological polar surface area (TPSA) is 35.5 Å². The van der Waals surface area contributed by atoms with E-state index in [1.54, 1.807) is 0 Å². The van der Waals surface area contributed by atoms with Crippen LogP contribution in [0.1, 0.15) is 0 Å². The molecule has 0 radical (unpaired) electrons. The Bertz CT molecular complexity index is 714. The molecule has 0 spiro atoms. The minimum absolute atomic E-state index is 0.608. The highest BCUT2D eigenvalue weighted by atomic mass is 31.1. The normalized spacial score (nSPS) is 11.7. The Hall–Kier alpha value is -1.96. The summed E-state index contributed by atoms with van der Waals surface area (Å²) in [7, 11) is -0.784. The first-order valence-corrected chi connectivity index (χ1v) is 6.99. The average molecular weight is 271 g/mol. The standard InChI is InChI=1S/C15H12O3P/c1-17-19(16)18-15-13-8-4-2-6-11(13)10-12-7-3-5-9-14(12)15/h2-10H,1H3/q+1. The van der Waals surface area contributed by atoms with Gasteiger partial charge >= 0.3 is 8.25 Å². The smallest absolute Gasteiger partial charge is 0.228 e. The molecule has 0 aromatic heterocycles. The Kier molecular flexibility index (Phi) is 3.16. The predicted molar refractivity (Wildman–Crippen MR) is 76.7 cm³/mol. The van der Waals surface area contributed by atoms with Gasteiger partial charge in [0.15, 0.2) is 0 Å². The molecule has 1 atom stereocenters. The lowest BCUT2D eigenvalue weighted by Gasteiger charge is -2.05. The van der Waals surface area contributed by atoms with Gasteiger partial charge in [0.1, 0.15) is 0 Å². The molecule has 0 heterocycles. The van der Waals surface area contributed by atoms with Crippen LogP contribution in [0.4, 0.5) is 0 Å². The van der Waals surface area contributed by atoms with Crippen molar-refractivity contribution < 1.29 is 13.6 Å². The summed E-state index contributed by atoms with van der Waals surface area (Å²) in [4.78, 5) is 0. The zero-order valence-corrected chi connectivity index (χ0v) is 11.3. The fraction of sp³-hybridized carbons (Fsp3) is 0.0667. The summed E-state index contributed by atoms with van der Waals surface area (Å²) < 4.78 is 21.8. The number of rotatable bonds is 3. The van der Waals surface area contributed by atoms with E-state index in [0.717, 1.165) is 21.5 Å². The third kappa shape index (κ3) is 2.19. The van der Waals surface area contributed by atoms with Crippen molar-refractivity contribution in [3.05, 3.63) is 54.6 Å². The van der Waals surface area contributed by atoms with Gasteiger partial charge in [0.25, 0.3) is 0 Å². The van der Waals surface area contributed by atoms with Gasteiger partial charge in [0.2, 0.25) is 5.75 Å². The molecule has 3 rings (SSSR count). The highest BCUT2D eigenvalue weighted by Crippen LogP contribution is 2.39. The van der Waals surface area contributed by atoms with Crippen LogP contribution in [0, 0.1) is 0 Å². The fourth-order valence-corrected chi connectivity index (χ4v) is 2.60. The van der Waals surface area contributed by atoms with Crippen LogP contribution in [0.15, 0.2) is 54.6 Å². The van der Waals surface area contributed by atoms with Crippen molar-refractivity contribution in [3.63, 3.8) is 0 Å². The molecule has 3 aromatic rings. The van der Waals surface area contributed by atoms with Gasteiger partial charge in [0.05, 0.1) is 7.11 Å². The van der Waals surface area contributed by atoms with Gasteiger partial charge in [0, 0.05) is 15.3 Å². The summed E-state index contributed by atoms with van der Waals surface area (Å²) in [5.41, 5.74) is 0. The summed E-state index contributed by atoms with van der Waals surface area (Å²) in [5.74, 6) is 0.608. The van der Waals surface area contributed by atoms with E-state index in [1.165, 1.54) is 7.11 Å². The molecule has 0 bridgehead atoms. The lowest BCUT2D eigenvalue weighted by atomic mass is 10.0. The molecule has 0 N–H and O–H groups in total. The Labute approximate surface area is 111 Å². The molecule has 0 aliphatic heterocycles. The summed E-state index contributed by atoms with van der Waals surface area (Å²) in [6.45, 7) is 0. The second-order valence-electron chi connectivity index (χ2n) is 4.15. The SMILES string of the molecule is CO[P+](=O)Oc1c2ccccc2cc2ccccc12. The van der Waals surface area contributed by atoms with Crippen LogP contribution in [-0.4, -0.2) is 7.11 Å². The van der Waals surface area contributed by atoms with Gasteiger partial charge in [-0.1, -0.05) is 48.5 Å². The largest absolute Gasteiger partial charge is 0.749 e. The van der Waals surface area contributed by atoms with Gasteiger partial charge in [-0.2, -0.15) is 0 Å².